The van der Waals surface area contributed by atoms with Crippen LogP contribution < -0.4 is 10.6 Å². The summed E-state index contributed by atoms with van der Waals surface area (Å²) in [7, 11) is 0. The van der Waals surface area contributed by atoms with E-state index in [1.54, 1.807) is 5.38 Å². The van der Waals surface area contributed by atoms with Crippen molar-refractivity contribution in [3.05, 3.63) is 47.0 Å². The van der Waals surface area contributed by atoms with E-state index in [2.05, 4.69) is 15.6 Å². The molecule has 0 spiro atoms. The number of hydrogen-bond acceptors (Lipinski definition) is 5. The second-order valence-corrected chi connectivity index (χ2v) is 6.56. The molecule has 2 aromatic rings. The summed E-state index contributed by atoms with van der Waals surface area (Å²) in [6.45, 7) is 4.76. The van der Waals surface area contributed by atoms with Crippen LogP contribution in [0.2, 0.25) is 0 Å². The molecule has 0 fully saturated rings. The van der Waals surface area contributed by atoms with Gasteiger partial charge in [-0.15, -0.1) is 11.3 Å². The molecule has 1 aromatic carbocycles. The monoisotopic (exact) mass is 347 g/mol. The third kappa shape index (κ3) is 6.37. The van der Waals surface area contributed by atoms with Crippen LogP contribution in [0.15, 0.2) is 35.7 Å². The fourth-order valence-corrected chi connectivity index (χ4v) is 2.53. The van der Waals surface area contributed by atoms with Crippen LogP contribution in [0.4, 0.5) is 9.93 Å². The van der Waals surface area contributed by atoms with E-state index in [0.717, 1.165) is 5.56 Å². The Morgan fingerprint density at radius 2 is 2.00 bits per heavy atom. The molecule has 128 valence electrons. The maximum atomic E-state index is 11.9. The van der Waals surface area contributed by atoms with Crippen LogP contribution in [0, 0.1) is 5.92 Å². The van der Waals surface area contributed by atoms with Crippen LogP contribution in [0.3, 0.4) is 0 Å². The highest BCUT2D eigenvalue weighted by atomic mass is 32.1. The van der Waals surface area contributed by atoms with Gasteiger partial charge in [-0.2, -0.15) is 0 Å². The SMILES string of the molecule is CC(C)COC(=O)Nc1nc(CC(=O)NCc2ccccc2)cs1. The molecule has 6 nitrogen and oxygen atoms in total. The summed E-state index contributed by atoms with van der Waals surface area (Å²) in [5.41, 5.74) is 1.66. The van der Waals surface area contributed by atoms with Gasteiger partial charge in [-0.05, 0) is 11.5 Å². The highest BCUT2D eigenvalue weighted by molar-refractivity contribution is 7.13. The summed E-state index contributed by atoms with van der Waals surface area (Å²) in [6.07, 6.45) is -0.357. The maximum absolute atomic E-state index is 11.9. The Morgan fingerprint density at radius 3 is 2.71 bits per heavy atom. The quantitative estimate of drug-likeness (QED) is 0.806. The number of aromatic nitrogens is 1. The molecule has 2 rings (SSSR count). The number of thiazole rings is 1. The summed E-state index contributed by atoms with van der Waals surface area (Å²) in [6, 6.07) is 9.69. The highest BCUT2D eigenvalue weighted by Gasteiger charge is 2.11. The molecule has 0 radical (unpaired) electrons. The molecular formula is C17H21N3O3S. The fourth-order valence-electron chi connectivity index (χ4n) is 1.83. The average molecular weight is 347 g/mol. The van der Waals surface area contributed by atoms with Gasteiger partial charge in [0.2, 0.25) is 5.91 Å². The summed E-state index contributed by atoms with van der Waals surface area (Å²) in [5.74, 6) is 0.161. The van der Waals surface area contributed by atoms with Crippen LogP contribution in [-0.2, 0) is 22.5 Å². The molecule has 0 aliphatic carbocycles. The minimum absolute atomic E-state index is 0.113. The molecule has 0 atom stereocenters. The maximum Gasteiger partial charge on any atom is 0.413 e. The molecule has 0 bridgehead atoms. The van der Waals surface area contributed by atoms with Crippen molar-refractivity contribution in [1.82, 2.24) is 10.3 Å². The summed E-state index contributed by atoms with van der Waals surface area (Å²) in [5, 5.41) is 7.58. The van der Waals surface area contributed by atoms with E-state index in [-0.39, 0.29) is 18.2 Å². The second kappa shape index (κ2) is 9.02. The van der Waals surface area contributed by atoms with E-state index in [4.69, 9.17) is 4.74 Å². The first-order chi connectivity index (χ1) is 11.5. The van der Waals surface area contributed by atoms with Crippen molar-refractivity contribution in [2.45, 2.75) is 26.8 Å². The lowest BCUT2D eigenvalue weighted by Crippen LogP contribution is -2.24. The zero-order valence-electron chi connectivity index (χ0n) is 13.7. The minimum Gasteiger partial charge on any atom is -0.449 e. The first-order valence-corrected chi connectivity index (χ1v) is 8.59. The predicted octanol–water partition coefficient (Wildman–Crippen LogP) is 3.21. The van der Waals surface area contributed by atoms with Crippen molar-refractivity contribution >= 4 is 28.5 Å². The van der Waals surface area contributed by atoms with Gasteiger partial charge in [0.25, 0.3) is 0 Å². The van der Waals surface area contributed by atoms with Crippen LogP contribution in [-0.4, -0.2) is 23.6 Å². The van der Waals surface area contributed by atoms with Gasteiger partial charge in [0.15, 0.2) is 5.13 Å². The molecule has 0 aliphatic rings. The number of hydrogen-bond donors (Lipinski definition) is 2. The first kappa shape index (κ1) is 17.9. The molecule has 0 aliphatic heterocycles. The zero-order chi connectivity index (χ0) is 17.4. The van der Waals surface area contributed by atoms with E-state index in [9.17, 15) is 9.59 Å². The topological polar surface area (TPSA) is 80.3 Å². The van der Waals surface area contributed by atoms with Gasteiger partial charge in [0, 0.05) is 11.9 Å². The molecule has 0 unspecified atom stereocenters. The van der Waals surface area contributed by atoms with Gasteiger partial charge in [0.1, 0.15) is 0 Å². The average Bonchev–Trinajstić information content (AvgIpc) is 2.99. The molecule has 7 heteroatoms. The van der Waals surface area contributed by atoms with Crippen LogP contribution in [0.25, 0.3) is 0 Å². The van der Waals surface area contributed by atoms with E-state index in [1.807, 2.05) is 44.2 Å². The smallest absolute Gasteiger partial charge is 0.413 e. The van der Waals surface area contributed by atoms with Crippen molar-refractivity contribution in [3.63, 3.8) is 0 Å². The van der Waals surface area contributed by atoms with Crippen LogP contribution in [0.5, 0.6) is 0 Å². The molecule has 1 aromatic heterocycles. The molecule has 2 N–H and O–H groups in total. The lowest BCUT2D eigenvalue weighted by atomic mass is 10.2. The van der Waals surface area contributed by atoms with Crippen molar-refractivity contribution in [3.8, 4) is 0 Å². The Kier molecular flexibility index (Phi) is 6.74. The van der Waals surface area contributed by atoms with E-state index in [0.29, 0.717) is 24.0 Å². The number of nitrogens with zero attached hydrogens (tertiary/aromatic N) is 1. The van der Waals surface area contributed by atoms with Crippen molar-refractivity contribution in [2.24, 2.45) is 5.92 Å². The fraction of sp³-hybridized carbons (Fsp3) is 0.353. The van der Waals surface area contributed by atoms with Crippen LogP contribution >= 0.6 is 11.3 Å². The Balaban J connectivity index is 1.76. The number of amides is 2. The number of rotatable bonds is 7. The van der Waals surface area contributed by atoms with E-state index >= 15 is 0 Å². The normalized spacial score (nSPS) is 10.5. The van der Waals surface area contributed by atoms with Crippen molar-refractivity contribution in [1.29, 1.82) is 0 Å². The lowest BCUT2D eigenvalue weighted by Gasteiger charge is -2.06. The van der Waals surface area contributed by atoms with E-state index in [1.165, 1.54) is 11.3 Å². The zero-order valence-corrected chi connectivity index (χ0v) is 14.6. The van der Waals surface area contributed by atoms with Crippen molar-refractivity contribution < 1.29 is 14.3 Å². The number of nitrogens with one attached hydrogen (secondary N) is 2. The van der Waals surface area contributed by atoms with Crippen molar-refractivity contribution in [2.75, 3.05) is 11.9 Å². The number of ether oxygens (including phenoxy) is 1. The number of benzene rings is 1. The summed E-state index contributed by atoms with van der Waals surface area (Å²) < 4.78 is 5.02. The standard InChI is InChI=1S/C17H21N3O3S/c1-12(2)10-23-17(22)20-16-19-14(11-24-16)8-15(21)18-9-13-6-4-3-5-7-13/h3-7,11-12H,8-10H2,1-2H3,(H,18,21)(H,19,20,22). The first-order valence-electron chi connectivity index (χ1n) is 7.71. The number of carbonyl (C=O) groups excluding carboxylic acids is 2. The minimum atomic E-state index is -0.530. The Morgan fingerprint density at radius 1 is 1.25 bits per heavy atom. The van der Waals surface area contributed by atoms with Crippen LogP contribution in [0.1, 0.15) is 25.1 Å². The number of carbonyl (C=O) groups is 2. The lowest BCUT2D eigenvalue weighted by molar-refractivity contribution is -0.120. The molecule has 0 saturated carbocycles. The number of anilines is 1. The summed E-state index contributed by atoms with van der Waals surface area (Å²) in [4.78, 5) is 27.7. The predicted molar refractivity (Wildman–Crippen MR) is 93.9 cm³/mol. The highest BCUT2D eigenvalue weighted by Crippen LogP contribution is 2.16. The Hall–Kier alpha value is -2.41. The molecular weight excluding hydrogens is 326 g/mol. The molecule has 1 heterocycles. The summed E-state index contributed by atoms with van der Waals surface area (Å²) >= 11 is 1.27. The molecule has 2 amide bonds. The molecule has 24 heavy (non-hydrogen) atoms. The van der Waals surface area contributed by atoms with Gasteiger partial charge in [-0.3, -0.25) is 10.1 Å². The van der Waals surface area contributed by atoms with E-state index < -0.39 is 6.09 Å². The Bertz CT molecular complexity index is 671. The van der Waals surface area contributed by atoms with Gasteiger partial charge in [-0.25, -0.2) is 9.78 Å². The van der Waals surface area contributed by atoms with Gasteiger partial charge >= 0.3 is 6.09 Å². The van der Waals surface area contributed by atoms with Gasteiger partial charge in [-0.1, -0.05) is 44.2 Å². The van der Waals surface area contributed by atoms with Gasteiger partial charge < -0.3 is 10.1 Å². The third-order valence-corrected chi connectivity index (χ3v) is 3.79. The second-order valence-electron chi connectivity index (χ2n) is 5.70. The van der Waals surface area contributed by atoms with Gasteiger partial charge in [0.05, 0.1) is 18.7 Å². The largest absolute Gasteiger partial charge is 0.449 e. The third-order valence-electron chi connectivity index (χ3n) is 2.98. The Labute approximate surface area is 145 Å². The molecule has 0 saturated heterocycles.